The van der Waals surface area contributed by atoms with Crippen molar-refractivity contribution in [2.24, 2.45) is 5.41 Å². The average Bonchev–Trinajstić information content (AvgIpc) is 2.41. The number of halogens is 1. The Balaban J connectivity index is 2.40. The fourth-order valence-electron chi connectivity index (χ4n) is 2.35. The summed E-state index contributed by atoms with van der Waals surface area (Å²) in [6, 6.07) is 5.31. The third-order valence-electron chi connectivity index (χ3n) is 3.50. The van der Waals surface area contributed by atoms with E-state index in [0.717, 1.165) is 4.47 Å². The van der Waals surface area contributed by atoms with Gasteiger partial charge in [-0.1, -0.05) is 15.9 Å². The molecule has 6 heteroatoms. The largest absolute Gasteiger partial charge is 0.496 e. The molecule has 0 aliphatic carbocycles. The molecule has 108 valence electrons. The lowest BCUT2D eigenvalue weighted by Gasteiger charge is -2.32. The van der Waals surface area contributed by atoms with Crippen molar-refractivity contribution < 1.29 is 24.2 Å². The Labute approximate surface area is 125 Å². The van der Waals surface area contributed by atoms with Crippen molar-refractivity contribution in [2.75, 3.05) is 20.3 Å². The molecule has 1 aliphatic rings. The third-order valence-corrected chi connectivity index (χ3v) is 3.99. The molecule has 0 saturated carbocycles. The molecular weight excluding hydrogens is 328 g/mol. The van der Waals surface area contributed by atoms with Crippen molar-refractivity contribution in [1.82, 2.24) is 0 Å². The molecule has 0 radical (unpaired) electrons. The monoisotopic (exact) mass is 342 g/mol. The SMILES string of the molecule is COc1ccc(Br)cc1CC1(C(=O)O)COCCC1=O. The van der Waals surface area contributed by atoms with Crippen LogP contribution in [0.2, 0.25) is 0 Å². The molecular formula is C14H15BrO5. The summed E-state index contributed by atoms with van der Waals surface area (Å²) in [5.41, 5.74) is -0.852. The van der Waals surface area contributed by atoms with Crippen LogP contribution in [0.5, 0.6) is 5.75 Å². The minimum Gasteiger partial charge on any atom is -0.496 e. The minimum atomic E-state index is -1.52. The molecule has 1 atom stereocenters. The zero-order chi connectivity index (χ0) is 14.8. The predicted octanol–water partition coefficient (Wildman–Crippen LogP) is 2.06. The van der Waals surface area contributed by atoms with Crippen LogP contribution in [-0.2, 0) is 20.7 Å². The summed E-state index contributed by atoms with van der Waals surface area (Å²) in [4.78, 5) is 23.8. The van der Waals surface area contributed by atoms with E-state index in [1.807, 2.05) is 0 Å². The maximum Gasteiger partial charge on any atom is 0.319 e. The molecule has 1 fully saturated rings. The molecule has 0 amide bonds. The number of Topliss-reactive ketones (excluding diaryl/α,β-unsaturated/α-hetero) is 1. The first kappa shape index (κ1) is 15.0. The molecule has 0 aromatic heterocycles. The van der Waals surface area contributed by atoms with Crippen LogP contribution in [0.3, 0.4) is 0 Å². The first-order chi connectivity index (χ1) is 9.49. The summed E-state index contributed by atoms with van der Waals surface area (Å²) in [6.45, 7) is 0.181. The Kier molecular flexibility index (Phi) is 4.45. The summed E-state index contributed by atoms with van der Waals surface area (Å²) < 4.78 is 11.3. The highest BCUT2D eigenvalue weighted by Crippen LogP contribution is 2.34. The molecule has 20 heavy (non-hydrogen) atoms. The summed E-state index contributed by atoms with van der Waals surface area (Å²) >= 11 is 3.34. The number of carbonyl (C=O) groups excluding carboxylic acids is 1. The van der Waals surface area contributed by atoms with Gasteiger partial charge in [-0.3, -0.25) is 9.59 Å². The second kappa shape index (κ2) is 5.93. The van der Waals surface area contributed by atoms with Crippen LogP contribution < -0.4 is 4.74 Å². The lowest BCUT2D eigenvalue weighted by Crippen LogP contribution is -2.48. The van der Waals surface area contributed by atoms with Crippen LogP contribution in [0.4, 0.5) is 0 Å². The average molecular weight is 343 g/mol. The van der Waals surface area contributed by atoms with E-state index in [4.69, 9.17) is 9.47 Å². The number of rotatable bonds is 4. The van der Waals surface area contributed by atoms with Gasteiger partial charge in [-0.25, -0.2) is 0 Å². The molecule has 1 unspecified atom stereocenters. The summed E-state index contributed by atoms with van der Waals surface area (Å²) in [6.07, 6.45) is 0.187. The van der Waals surface area contributed by atoms with Crippen molar-refractivity contribution in [3.63, 3.8) is 0 Å². The van der Waals surface area contributed by atoms with Gasteiger partial charge in [0.1, 0.15) is 5.75 Å². The fourth-order valence-corrected chi connectivity index (χ4v) is 2.76. The Morgan fingerprint density at radius 3 is 2.90 bits per heavy atom. The highest BCUT2D eigenvalue weighted by atomic mass is 79.9. The highest BCUT2D eigenvalue weighted by Gasteiger charge is 2.48. The van der Waals surface area contributed by atoms with Gasteiger partial charge in [-0.2, -0.15) is 0 Å². The Hall–Kier alpha value is -1.40. The summed E-state index contributed by atoms with van der Waals surface area (Å²) in [7, 11) is 1.51. The van der Waals surface area contributed by atoms with Gasteiger partial charge in [-0.05, 0) is 23.8 Å². The molecule has 0 bridgehead atoms. The second-order valence-electron chi connectivity index (χ2n) is 4.75. The lowest BCUT2D eigenvalue weighted by molar-refractivity contribution is -0.164. The number of benzene rings is 1. The Morgan fingerprint density at radius 2 is 2.30 bits per heavy atom. The number of methoxy groups -OCH3 is 1. The molecule has 1 heterocycles. The molecule has 1 aromatic rings. The van der Waals surface area contributed by atoms with Crippen molar-refractivity contribution >= 4 is 27.7 Å². The smallest absolute Gasteiger partial charge is 0.319 e. The van der Waals surface area contributed by atoms with Gasteiger partial charge >= 0.3 is 5.97 Å². The zero-order valence-electron chi connectivity index (χ0n) is 11.0. The van der Waals surface area contributed by atoms with E-state index in [-0.39, 0.29) is 31.8 Å². The number of ether oxygens (including phenoxy) is 2. The number of ketones is 1. The molecule has 0 spiro atoms. The predicted molar refractivity (Wildman–Crippen MR) is 74.9 cm³/mol. The van der Waals surface area contributed by atoms with E-state index in [1.54, 1.807) is 18.2 Å². The minimum absolute atomic E-state index is 0.0593. The molecule has 2 rings (SSSR count). The van der Waals surface area contributed by atoms with Gasteiger partial charge in [0, 0.05) is 17.3 Å². The van der Waals surface area contributed by atoms with Crippen molar-refractivity contribution in [3.05, 3.63) is 28.2 Å². The fraction of sp³-hybridized carbons (Fsp3) is 0.429. The topological polar surface area (TPSA) is 72.8 Å². The summed E-state index contributed by atoms with van der Waals surface area (Å²) in [5, 5.41) is 9.50. The first-order valence-corrected chi connectivity index (χ1v) is 6.96. The van der Waals surface area contributed by atoms with Gasteiger partial charge in [0.05, 0.1) is 20.3 Å². The highest BCUT2D eigenvalue weighted by molar-refractivity contribution is 9.10. The Bertz CT molecular complexity index is 542. The van der Waals surface area contributed by atoms with Gasteiger partial charge in [0.2, 0.25) is 0 Å². The zero-order valence-corrected chi connectivity index (χ0v) is 12.6. The number of aliphatic carboxylic acids is 1. The second-order valence-corrected chi connectivity index (χ2v) is 5.66. The van der Waals surface area contributed by atoms with E-state index in [1.165, 1.54) is 7.11 Å². The van der Waals surface area contributed by atoms with E-state index < -0.39 is 11.4 Å². The summed E-state index contributed by atoms with van der Waals surface area (Å²) in [5.74, 6) is -0.880. The number of carboxylic acid groups (broad SMARTS) is 1. The van der Waals surface area contributed by atoms with E-state index >= 15 is 0 Å². The van der Waals surface area contributed by atoms with Crippen molar-refractivity contribution in [2.45, 2.75) is 12.8 Å². The first-order valence-electron chi connectivity index (χ1n) is 6.16. The standard InChI is InChI=1S/C14H15BrO5/c1-19-11-3-2-10(15)6-9(11)7-14(13(17)18)8-20-5-4-12(14)16/h2-3,6H,4-5,7-8H2,1H3,(H,17,18). The molecule has 1 aromatic carbocycles. The number of hydrogen-bond donors (Lipinski definition) is 1. The normalized spacial score (nSPS) is 22.6. The number of carboxylic acids is 1. The van der Waals surface area contributed by atoms with E-state index in [0.29, 0.717) is 11.3 Å². The van der Waals surface area contributed by atoms with E-state index in [2.05, 4.69) is 15.9 Å². The van der Waals surface area contributed by atoms with Crippen molar-refractivity contribution in [3.8, 4) is 5.75 Å². The molecule has 1 N–H and O–H groups in total. The van der Waals surface area contributed by atoms with Crippen LogP contribution in [0.15, 0.2) is 22.7 Å². The third kappa shape index (κ3) is 2.71. The van der Waals surface area contributed by atoms with Crippen LogP contribution in [-0.4, -0.2) is 37.2 Å². The lowest BCUT2D eigenvalue weighted by atomic mass is 9.76. The quantitative estimate of drug-likeness (QED) is 0.848. The van der Waals surface area contributed by atoms with Gasteiger partial charge < -0.3 is 14.6 Å². The van der Waals surface area contributed by atoms with Crippen molar-refractivity contribution in [1.29, 1.82) is 0 Å². The maximum atomic E-state index is 12.1. The molecule has 1 saturated heterocycles. The van der Waals surface area contributed by atoms with Crippen LogP contribution in [0.25, 0.3) is 0 Å². The van der Waals surface area contributed by atoms with Crippen LogP contribution >= 0.6 is 15.9 Å². The van der Waals surface area contributed by atoms with Crippen LogP contribution in [0, 0.1) is 5.41 Å². The molecule has 1 aliphatic heterocycles. The number of carbonyl (C=O) groups is 2. The Morgan fingerprint density at radius 1 is 1.55 bits per heavy atom. The van der Waals surface area contributed by atoms with E-state index in [9.17, 15) is 14.7 Å². The van der Waals surface area contributed by atoms with Crippen LogP contribution in [0.1, 0.15) is 12.0 Å². The number of hydrogen-bond acceptors (Lipinski definition) is 4. The van der Waals surface area contributed by atoms with Gasteiger partial charge in [0.25, 0.3) is 0 Å². The molecule has 5 nitrogen and oxygen atoms in total. The van der Waals surface area contributed by atoms with Gasteiger partial charge in [-0.15, -0.1) is 0 Å². The maximum absolute atomic E-state index is 12.1. The van der Waals surface area contributed by atoms with Gasteiger partial charge in [0.15, 0.2) is 11.2 Å².